The lowest BCUT2D eigenvalue weighted by Crippen LogP contribution is -2.38. The van der Waals surface area contributed by atoms with Crippen molar-refractivity contribution in [2.45, 2.75) is 44.6 Å². The van der Waals surface area contributed by atoms with Gasteiger partial charge in [-0.05, 0) is 31.9 Å². The number of rotatable bonds is 4. The van der Waals surface area contributed by atoms with E-state index in [1.807, 2.05) is 31.2 Å². The summed E-state index contributed by atoms with van der Waals surface area (Å²) in [4.78, 5) is 20.4. The Morgan fingerprint density at radius 2 is 1.86 bits per heavy atom. The van der Waals surface area contributed by atoms with Crippen molar-refractivity contribution >= 4 is 22.8 Å². The summed E-state index contributed by atoms with van der Waals surface area (Å²) < 4.78 is 0. The Kier molecular flexibility index (Phi) is 3.49. The second kappa shape index (κ2) is 5.31. The van der Waals surface area contributed by atoms with E-state index < -0.39 is 5.97 Å². The zero-order valence-electron chi connectivity index (χ0n) is 12.1. The van der Waals surface area contributed by atoms with Crippen LogP contribution in [0.2, 0.25) is 0 Å². The number of carboxylic acids is 1. The highest BCUT2D eigenvalue weighted by molar-refractivity contribution is 5.76. The highest BCUT2D eigenvalue weighted by Gasteiger charge is 2.36. The fourth-order valence-electron chi connectivity index (χ4n) is 3.15. The summed E-state index contributed by atoms with van der Waals surface area (Å²) in [6.45, 7) is 1.91. The van der Waals surface area contributed by atoms with Gasteiger partial charge in [0.05, 0.1) is 23.1 Å². The van der Waals surface area contributed by atoms with Crippen LogP contribution in [0.3, 0.4) is 0 Å². The molecule has 1 aliphatic rings. The quantitative estimate of drug-likeness (QED) is 0.902. The predicted octanol–water partition coefficient (Wildman–Crippen LogP) is 3.14. The molecule has 0 aliphatic heterocycles. The SMILES string of the molecule is Cc1nc2ccccc2nc1NC1(CC(=O)O)CCCC1. The van der Waals surface area contributed by atoms with Gasteiger partial charge in [-0.25, -0.2) is 9.97 Å². The van der Waals surface area contributed by atoms with Gasteiger partial charge in [-0.1, -0.05) is 25.0 Å². The van der Waals surface area contributed by atoms with Gasteiger partial charge < -0.3 is 10.4 Å². The largest absolute Gasteiger partial charge is 0.481 e. The van der Waals surface area contributed by atoms with Crippen LogP contribution >= 0.6 is 0 Å². The fraction of sp³-hybridized carbons (Fsp3) is 0.438. The van der Waals surface area contributed by atoms with Crippen LogP contribution in [0.4, 0.5) is 5.82 Å². The number of nitrogens with one attached hydrogen (secondary N) is 1. The molecule has 0 spiro atoms. The molecule has 1 aromatic carbocycles. The second-order valence-corrected chi connectivity index (χ2v) is 5.83. The van der Waals surface area contributed by atoms with Crippen molar-refractivity contribution in [1.29, 1.82) is 0 Å². The number of hydrogen-bond acceptors (Lipinski definition) is 4. The maximum Gasteiger partial charge on any atom is 0.305 e. The Morgan fingerprint density at radius 1 is 1.24 bits per heavy atom. The summed E-state index contributed by atoms with van der Waals surface area (Å²) in [5, 5.41) is 12.6. The molecule has 1 fully saturated rings. The number of aryl methyl sites for hydroxylation is 1. The number of fused-ring (bicyclic) bond motifs is 1. The topological polar surface area (TPSA) is 75.1 Å². The molecule has 0 atom stereocenters. The van der Waals surface area contributed by atoms with Crippen molar-refractivity contribution < 1.29 is 9.90 Å². The van der Waals surface area contributed by atoms with Gasteiger partial charge in [0, 0.05) is 5.54 Å². The third-order valence-corrected chi connectivity index (χ3v) is 4.18. The van der Waals surface area contributed by atoms with Crippen LogP contribution in [0.15, 0.2) is 24.3 Å². The van der Waals surface area contributed by atoms with Crippen LogP contribution in [-0.2, 0) is 4.79 Å². The Labute approximate surface area is 123 Å². The van der Waals surface area contributed by atoms with Gasteiger partial charge >= 0.3 is 5.97 Å². The molecule has 0 amide bonds. The molecular formula is C16H19N3O2. The molecule has 0 radical (unpaired) electrons. The lowest BCUT2D eigenvalue weighted by Gasteiger charge is -2.29. The minimum absolute atomic E-state index is 0.126. The molecule has 2 N–H and O–H groups in total. The number of aliphatic carboxylic acids is 1. The normalized spacial score (nSPS) is 17.0. The number of anilines is 1. The van der Waals surface area contributed by atoms with Gasteiger partial charge in [-0.3, -0.25) is 4.79 Å². The van der Waals surface area contributed by atoms with E-state index in [1.54, 1.807) is 0 Å². The zero-order valence-corrected chi connectivity index (χ0v) is 12.1. The molecule has 110 valence electrons. The standard InChI is InChI=1S/C16H19N3O2/c1-11-15(18-13-7-3-2-6-12(13)17-11)19-16(10-14(20)21)8-4-5-9-16/h2-3,6-7H,4-5,8-10H2,1H3,(H,18,19)(H,20,21). The van der Waals surface area contributed by atoms with Crippen LogP contribution in [0.1, 0.15) is 37.8 Å². The van der Waals surface area contributed by atoms with Crippen molar-refractivity contribution in [3.05, 3.63) is 30.0 Å². The number of para-hydroxylation sites is 2. The summed E-state index contributed by atoms with van der Waals surface area (Å²) in [6.07, 6.45) is 3.97. The van der Waals surface area contributed by atoms with Gasteiger partial charge in [0.2, 0.25) is 0 Å². The van der Waals surface area contributed by atoms with Crippen molar-refractivity contribution in [2.24, 2.45) is 0 Å². The Hall–Kier alpha value is -2.17. The number of carbonyl (C=O) groups is 1. The molecule has 1 aromatic heterocycles. The monoisotopic (exact) mass is 285 g/mol. The lowest BCUT2D eigenvalue weighted by molar-refractivity contribution is -0.138. The number of carboxylic acid groups (broad SMARTS) is 1. The highest BCUT2D eigenvalue weighted by atomic mass is 16.4. The first kappa shape index (κ1) is 13.8. The summed E-state index contributed by atoms with van der Waals surface area (Å²) in [5.74, 6) is -0.0624. The Balaban J connectivity index is 1.95. The van der Waals surface area contributed by atoms with Crippen LogP contribution in [-0.4, -0.2) is 26.6 Å². The third kappa shape index (κ3) is 2.82. The molecule has 0 saturated heterocycles. The van der Waals surface area contributed by atoms with E-state index in [4.69, 9.17) is 0 Å². The fourth-order valence-corrected chi connectivity index (χ4v) is 3.15. The summed E-state index contributed by atoms with van der Waals surface area (Å²) >= 11 is 0. The number of nitrogens with zero attached hydrogens (tertiary/aromatic N) is 2. The second-order valence-electron chi connectivity index (χ2n) is 5.83. The Bertz CT molecular complexity index is 678. The van der Waals surface area contributed by atoms with Crippen molar-refractivity contribution in [2.75, 3.05) is 5.32 Å². The molecule has 1 heterocycles. The summed E-state index contributed by atoms with van der Waals surface area (Å²) in [6, 6.07) is 7.72. The van der Waals surface area contributed by atoms with Crippen LogP contribution < -0.4 is 5.32 Å². The molecule has 3 rings (SSSR count). The molecule has 0 bridgehead atoms. The first-order valence-corrected chi connectivity index (χ1v) is 7.31. The van der Waals surface area contributed by atoms with E-state index >= 15 is 0 Å². The molecule has 21 heavy (non-hydrogen) atoms. The molecule has 1 aliphatic carbocycles. The van der Waals surface area contributed by atoms with Gasteiger partial charge in [0.15, 0.2) is 0 Å². The number of benzene rings is 1. The van der Waals surface area contributed by atoms with Crippen molar-refractivity contribution in [3.8, 4) is 0 Å². The molecule has 5 heteroatoms. The lowest BCUT2D eigenvalue weighted by atomic mass is 9.93. The van der Waals surface area contributed by atoms with Crippen molar-refractivity contribution in [3.63, 3.8) is 0 Å². The Morgan fingerprint density at radius 3 is 2.48 bits per heavy atom. The average molecular weight is 285 g/mol. The van der Waals surface area contributed by atoms with Gasteiger partial charge in [0.25, 0.3) is 0 Å². The maximum atomic E-state index is 11.2. The minimum atomic E-state index is -0.768. The first-order valence-electron chi connectivity index (χ1n) is 7.31. The molecule has 2 aromatic rings. The van der Waals surface area contributed by atoms with Crippen LogP contribution in [0, 0.1) is 6.92 Å². The van der Waals surface area contributed by atoms with Gasteiger partial charge in [0.1, 0.15) is 5.82 Å². The van der Waals surface area contributed by atoms with E-state index in [0.29, 0.717) is 5.82 Å². The zero-order chi connectivity index (χ0) is 14.9. The number of aromatic nitrogens is 2. The molecule has 1 saturated carbocycles. The summed E-state index contributed by atoms with van der Waals surface area (Å²) in [5.41, 5.74) is 2.12. The van der Waals surface area contributed by atoms with Crippen LogP contribution in [0.5, 0.6) is 0 Å². The van der Waals surface area contributed by atoms with E-state index in [-0.39, 0.29) is 12.0 Å². The average Bonchev–Trinajstić information content (AvgIpc) is 2.87. The summed E-state index contributed by atoms with van der Waals surface area (Å²) in [7, 11) is 0. The van der Waals surface area contributed by atoms with Gasteiger partial charge in [-0.2, -0.15) is 0 Å². The van der Waals surface area contributed by atoms with E-state index in [2.05, 4.69) is 15.3 Å². The van der Waals surface area contributed by atoms with E-state index in [0.717, 1.165) is 42.4 Å². The van der Waals surface area contributed by atoms with Crippen molar-refractivity contribution in [1.82, 2.24) is 9.97 Å². The maximum absolute atomic E-state index is 11.2. The smallest absolute Gasteiger partial charge is 0.305 e. The van der Waals surface area contributed by atoms with E-state index in [1.165, 1.54) is 0 Å². The highest BCUT2D eigenvalue weighted by Crippen LogP contribution is 2.36. The van der Waals surface area contributed by atoms with Crippen LogP contribution in [0.25, 0.3) is 11.0 Å². The minimum Gasteiger partial charge on any atom is -0.481 e. The van der Waals surface area contributed by atoms with E-state index in [9.17, 15) is 9.90 Å². The molecule has 0 unspecified atom stereocenters. The number of hydrogen-bond donors (Lipinski definition) is 2. The predicted molar refractivity (Wildman–Crippen MR) is 81.3 cm³/mol. The van der Waals surface area contributed by atoms with Gasteiger partial charge in [-0.15, -0.1) is 0 Å². The molecular weight excluding hydrogens is 266 g/mol. The first-order chi connectivity index (χ1) is 10.1. The third-order valence-electron chi connectivity index (χ3n) is 4.18. The molecule has 5 nitrogen and oxygen atoms in total.